The zero-order valence-corrected chi connectivity index (χ0v) is 15.0. The molecule has 2 fully saturated rings. The fraction of sp³-hybridized carbons (Fsp3) is 0.812. The zero-order valence-electron chi connectivity index (χ0n) is 14.2. The molecule has 23 heavy (non-hydrogen) atoms. The zero-order chi connectivity index (χ0) is 16.2. The number of nitrogens with zero attached hydrogens (tertiary/aromatic N) is 5. The number of aryl methyl sites for hydroxylation is 1. The summed E-state index contributed by atoms with van der Waals surface area (Å²) in [6, 6.07) is 0. The van der Waals surface area contributed by atoms with E-state index in [-0.39, 0.29) is 5.92 Å². The number of hydrogen-bond donors (Lipinski definition) is 0. The quantitative estimate of drug-likeness (QED) is 0.830. The van der Waals surface area contributed by atoms with E-state index in [9.17, 15) is 4.79 Å². The van der Waals surface area contributed by atoms with E-state index in [1.807, 2.05) is 6.92 Å². The molecule has 128 valence electrons. The Morgan fingerprint density at radius 3 is 2.78 bits per heavy atom. The van der Waals surface area contributed by atoms with E-state index in [4.69, 9.17) is 0 Å². The molecule has 2 aliphatic rings. The predicted octanol–water partition coefficient (Wildman–Crippen LogP) is 1.22. The summed E-state index contributed by atoms with van der Waals surface area (Å²) >= 11 is 1.67. The van der Waals surface area contributed by atoms with Gasteiger partial charge < -0.3 is 9.80 Å². The molecule has 1 unspecified atom stereocenters. The van der Waals surface area contributed by atoms with Crippen molar-refractivity contribution in [1.82, 2.24) is 24.9 Å². The van der Waals surface area contributed by atoms with Gasteiger partial charge in [-0.15, -0.1) is 21.5 Å². The van der Waals surface area contributed by atoms with Crippen LogP contribution >= 0.6 is 11.3 Å². The lowest BCUT2D eigenvalue weighted by atomic mass is 9.97. The molecule has 1 amide bonds. The van der Waals surface area contributed by atoms with Gasteiger partial charge in [0.15, 0.2) is 0 Å². The van der Waals surface area contributed by atoms with Gasteiger partial charge in [-0.25, -0.2) is 0 Å². The largest absolute Gasteiger partial charge is 0.341 e. The molecule has 0 aromatic carbocycles. The summed E-state index contributed by atoms with van der Waals surface area (Å²) in [4.78, 5) is 19.6. The van der Waals surface area contributed by atoms with Crippen LogP contribution in [0, 0.1) is 12.8 Å². The number of carbonyl (C=O) groups excluding carboxylic acids is 1. The lowest BCUT2D eigenvalue weighted by Crippen LogP contribution is -2.44. The van der Waals surface area contributed by atoms with Crippen LogP contribution in [0.2, 0.25) is 0 Å². The van der Waals surface area contributed by atoms with E-state index in [2.05, 4.69) is 31.9 Å². The number of aromatic nitrogens is 2. The second-order valence-electron chi connectivity index (χ2n) is 6.77. The third kappa shape index (κ3) is 4.49. The molecule has 0 aliphatic carbocycles. The summed E-state index contributed by atoms with van der Waals surface area (Å²) in [5.41, 5.74) is 0. The van der Waals surface area contributed by atoms with Gasteiger partial charge >= 0.3 is 0 Å². The van der Waals surface area contributed by atoms with Gasteiger partial charge in [0.25, 0.3) is 0 Å². The lowest BCUT2D eigenvalue weighted by molar-refractivity contribution is -0.137. The van der Waals surface area contributed by atoms with E-state index < -0.39 is 0 Å². The van der Waals surface area contributed by atoms with Crippen LogP contribution in [-0.2, 0) is 11.3 Å². The molecule has 6 nitrogen and oxygen atoms in total. The van der Waals surface area contributed by atoms with Crippen molar-refractivity contribution in [2.75, 3.05) is 46.3 Å². The molecule has 1 aromatic heterocycles. The van der Waals surface area contributed by atoms with Gasteiger partial charge in [-0.05, 0) is 39.8 Å². The number of likely N-dealkylation sites (tertiary alicyclic amines) is 1. The van der Waals surface area contributed by atoms with E-state index >= 15 is 0 Å². The molecule has 3 heterocycles. The van der Waals surface area contributed by atoms with Crippen molar-refractivity contribution in [1.29, 1.82) is 0 Å². The summed E-state index contributed by atoms with van der Waals surface area (Å²) in [7, 11) is 2.12. The Balaban J connectivity index is 1.52. The molecule has 0 radical (unpaired) electrons. The molecule has 7 heteroatoms. The number of amides is 1. The van der Waals surface area contributed by atoms with E-state index in [1.54, 1.807) is 11.3 Å². The van der Waals surface area contributed by atoms with E-state index in [0.29, 0.717) is 5.91 Å². The fourth-order valence-corrected chi connectivity index (χ4v) is 4.32. The Hall–Kier alpha value is -1.05. The van der Waals surface area contributed by atoms with Crippen LogP contribution in [0.1, 0.15) is 29.3 Å². The normalized spacial score (nSPS) is 24.6. The van der Waals surface area contributed by atoms with Gasteiger partial charge in [-0.3, -0.25) is 9.69 Å². The third-order valence-electron chi connectivity index (χ3n) is 4.80. The Labute approximate surface area is 142 Å². The second-order valence-corrected chi connectivity index (χ2v) is 8.04. The van der Waals surface area contributed by atoms with Crippen molar-refractivity contribution in [2.45, 2.75) is 32.7 Å². The summed E-state index contributed by atoms with van der Waals surface area (Å²) in [6.45, 7) is 8.61. The molecule has 3 rings (SSSR count). The van der Waals surface area contributed by atoms with Gasteiger partial charge in [0.1, 0.15) is 10.0 Å². The number of piperidine rings is 1. The average molecular weight is 337 g/mol. The highest BCUT2D eigenvalue weighted by molar-refractivity contribution is 7.11. The van der Waals surface area contributed by atoms with E-state index in [0.717, 1.165) is 75.1 Å². The Morgan fingerprint density at radius 1 is 1.17 bits per heavy atom. The first-order chi connectivity index (χ1) is 11.1. The average Bonchev–Trinajstić information content (AvgIpc) is 2.80. The van der Waals surface area contributed by atoms with Crippen LogP contribution in [-0.4, -0.2) is 77.1 Å². The van der Waals surface area contributed by atoms with Crippen molar-refractivity contribution in [3.05, 3.63) is 10.0 Å². The molecule has 1 aromatic rings. The maximum atomic E-state index is 12.8. The Morgan fingerprint density at radius 2 is 2.04 bits per heavy atom. The first kappa shape index (κ1) is 16.8. The smallest absolute Gasteiger partial charge is 0.227 e. The maximum Gasteiger partial charge on any atom is 0.227 e. The van der Waals surface area contributed by atoms with Gasteiger partial charge in [-0.2, -0.15) is 0 Å². The highest BCUT2D eigenvalue weighted by atomic mass is 32.1. The Kier molecular flexibility index (Phi) is 5.61. The number of rotatable bonds is 3. The van der Waals surface area contributed by atoms with Crippen molar-refractivity contribution in [3.8, 4) is 0 Å². The highest BCUT2D eigenvalue weighted by Crippen LogP contribution is 2.19. The molecule has 0 spiro atoms. The summed E-state index contributed by atoms with van der Waals surface area (Å²) in [6.07, 6.45) is 3.24. The molecule has 0 N–H and O–H groups in total. The number of carbonyl (C=O) groups is 1. The fourth-order valence-electron chi connectivity index (χ4n) is 3.57. The Bertz CT molecular complexity index is 534. The van der Waals surface area contributed by atoms with Crippen LogP contribution in [0.5, 0.6) is 0 Å². The van der Waals surface area contributed by atoms with Crippen LogP contribution < -0.4 is 0 Å². The van der Waals surface area contributed by atoms with Crippen molar-refractivity contribution < 1.29 is 4.79 Å². The minimum atomic E-state index is 0.200. The molecule has 0 saturated carbocycles. The third-order valence-corrected chi connectivity index (χ3v) is 5.62. The molecule has 1 atom stereocenters. The van der Waals surface area contributed by atoms with Gasteiger partial charge in [0.2, 0.25) is 5.91 Å². The van der Waals surface area contributed by atoms with Crippen molar-refractivity contribution in [2.24, 2.45) is 5.92 Å². The predicted molar refractivity (Wildman–Crippen MR) is 91.3 cm³/mol. The second kappa shape index (κ2) is 7.68. The molecular formula is C16H27N5OS. The summed E-state index contributed by atoms with van der Waals surface area (Å²) in [5.74, 6) is 0.566. The highest BCUT2D eigenvalue weighted by Gasteiger charge is 2.29. The van der Waals surface area contributed by atoms with Gasteiger partial charge in [0, 0.05) is 32.7 Å². The minimum Gasteiger partial charge on any atom is -0.341 e. The summed E-state index contributed by atoms with van der Waals surface area (Å²) in [5, 5.41) is 10.4. The monoisotopic (exact) mass is 337 g/mol. The van der Waals surface area contributed by atoms with Crippen LogP contribution in [0.3, 0.4) is 0 Å². The van der Waals surface area contributed by atoms with Gasteiger partial charge in [-0.1, -0.05) is 0 Å². The summed E-state index contributed by atoms with van der Waals surface area (Å²) < 4.78 is 0. The van der Waals surface area contributed by atoms with E-state index in [1.165, 1.54) is 0 Å². The molecule has 2 saturated heterocycles. The molecule has 2 aliphatic heterocycles. The first-order valence-electron chi connectivity index (χ1n) is 8.60. The van der Waals surface area contributed by atoms with Crippen LogP contribution in [0.15, 0.2) is 0 Å². The minimum absolute atomic E-state index is 0.200. The van der Waals surface area contributed by atoms with Crippen molar-refractivity contribution in [3.63, 3.8) is 0 Å². The standard InChI is InChI=1S/C16H27N5OS/c1-13-17-18-15(23-13)12-20-7-4-8-21(10-9-20)16(22)14-5-3-6-19(2)11-14/h14H,3-12H2,1-2H3. The SMILES string of the molecule is Cc1nnc(CN2CCCN(C(=O)C3CCCN(C)C3)CC2)s1. The van der Waals surface area contributed by atoms with Gasteiger partial charge in [0.05, 0.1) is 12.5 Å². The van der Waals surface area contributed by atoms with Crippen LogP contribution in [0.4, 0.5) is 0 Å². The number of hydrogen-bond acceptors (Lipinski definition) is 6. The van der Waals surface area contributed by atoms with Crippen molar-refractivity contribution >= 4 is 17.2 Å². The van der Waals surface area contributed by atoms with Crippen LogP contribution in [0.25, 0.3) is 0 Å². The lowest BCUT2D eigenvalue weighted by Gasteiger charge is -2.32. The topological polar surface area (TPSA) is 52.6 Å². The first-order valence-corrected chi connectivity index (χ1v) is 9.42. The molecule has 0 bridgehead atoms. The molecular weight excluding hydrogens is 310 g/mol. The maximum absolute atomic E-state index is 12.8.